The molecule has 2 aromatic carbocycles. The van der Waals surface area contributed by atoms with Crippen LogP contribution >= 0.6 is 34.8 Å². The molecule has 0 saturated carbocycles. The third-order valence-corrected chi connectivity index (χ3v) is 5.43. The van der Waals surface area contributed by atoms with Crippen molar-refractivity contribution in [2.24, 2.45) is 5.92 Å². The number of aromatic nitrogens is 2. The van der Waals surface area contributed by atoms with Crippen molar-refractivity contribution in [1.82, 2.24) is 14.5 Å². The highest BCUT2D eigenvalue weighted by molar-refractivity contribution is 6.42. The fourth-order valence-electron chi connectivity index (χ4n) is 3.08. The number of imidazole rings is 1. The fraction of sp³-hybridized carbons (Fsp3) is 0.273. The van der Waals surface area contributed by atoms with Crippen LogP contribution in [0.2, 0.25) is 15.1 Å². The summed E-state index contributed by atoms with van der Waals surface area (Å²) < 4.78 is 2.02. The number of hydrogen-bond donors (Lipinski definition) is 0. The van der Waals surface area contributed by atoms with Gasteiger partial charge in [0, 0.05) is 36.1 Å². The van der Waals surface area contributed by atoms with Crippen LogP contribution < -0.4 is 0 Å². The molecule has 0 atom stereocenters. The molecule has 0 radical (unpaired) electrons. The zero-order valence-electron chi connectivity index (χ0n) is 16.3. The number of benzene rings is 2. The molecule has 0 N–H and O–H groups in total. The van der Waals surface area contributed by atoms with Gasteiger partial charge in [-0.05, 0) is 47.9 Å². The average molecular weight is 451 g/mol. The van der Waals surface area contributed by atoms with Crippen molar-refractivity contribution in [2.45, 2.75) is 26.9 Å². The summed E-state index contributed by atoms with van der Waals surface area (Å²) in [6.07, 6.45) is 3.64. The Kier molecular flexibility index (Phi) is 7.23. The van der Waals surface area contributed by atoms with Crippen LogP contribution in [0.1, 0.15) is 35.6 Å². The maximum atomic E-state index is 13.1. The van der Waals surface area contributed by atoms with E-state index in [-0.39, 0.29) is 5.91 Å². The minimum Gasteiger partial charge on any atom is -0.331 e. The van der Waals surface area contributed by atoms with E-state index >= 15 is 0 Å². The Bertz CT molecular complexity index is 983. The van der Waals surface area contributed by atoms with Gasteiger partial charge in [-0.2, -0.15) is 0 Å². The SMILES string of the molecule is CC(C)CN(Cc1nccn1Cc1ccc(Cl)c(Cl)c1)C(=O)c1ccc(Cl)cc1. The van der Waals surface area contributed by atoms with Gasteiger partial charge in [0.05, 0.1) is 16.6 Å². The number of halogens is 3. The fourth-order valence-corrected chi connectivity index (χ4v) is 3.52. The van der Waals surface area contributed by atoms with Gasteiger partial charge in [-0.1, -0.05) is 54.7 Å². The van der Waals surface area contributed by atoms with E-state index in [2.05, 4.69) is 18.8 Å². The van der Waals surface area contributed by atoms with Crippen LogP contribution in [-0.4, -0.2) is 26.9 Å². The molecular weight excluding hydrogens is 429 g/mol. The van der Waals surface area contributed by atoms with Gasteiger partial charge in [0.1, 0.15) is 5.82 Å². The summed E-state index contributed by atoms with van der Waals surface area (Å²) in [6.45, 7) is 5.81. The number of carbonyl (C=O) groups excluding carboxylic acids is 1. The third kappa shape index (κ3) is 5.75. The van der Waals surface area contributed by atoms with Gasteiger partial charge in [0.2, 0.25) is 0 Å². The summed E-state index contributed by atoms with van der Waals surface area (Å²) in [7, 11) is 0. The van der Waals surface area contributed by atoms with E-state index in [9.17, 15) is 4.79 Å². The Labute approximate surface area is 186 Å². The summed E-state index contributed by atoms with van der Waals surface area (Å²) in [6, 6.07) is 12.5. The number of amides is 1. The highest BCUT2D eigenvalue weighted by atomic mass is 35.5. The standard InChI is InChI=1S/C22H22Cl3N3O/c1-15(2)12-28(22(29)17-4-6-18(23)7-5-17)14-21-26-9-10-27(21)13-16-3-8-19(24)20(25)11-16/h3-11,15H,12-14H2,1-2H3. The molecule has 0 bridgehead atoms. The van der Waals surface area contributed by atoms with E-state index < -0.39 is 0 Å². The van der Waals surface area contributed by atoms with E-state index in [1.54, 1.807) is 36.5 Å². The molecule has 1 aromatic heterocycles. The largest absolute Gasteiger partial charge is 0.331 e. The molecule has 0 saturated heterocycles. The van der Waals surface area contributed by atoms with Crippen LogP contribution in [0.25, 0.3) is 0 Å². The van der Waals surface area contributed by atoms with Crippen LogP contribution in [0, 0.1) is 5.92 Å². The Morgan fingerprint density at radius 3 is 2.45 bits per heavy atom. The van der Waals surface area contributed by atoms with Crippen LogP contribution in [-0.2, 0) is 13.1 Å². The van der Waals surface area contributed by atoms with Crippen LogP contribution in [0.15, 0.2) is 54.9 Å². The highest BCUT2D eigenvalue weighted by Crippen LogP contribution is 2.23. The first-order chi connectivity index (χ1) is 13.8. The number of rotatable bonds is 7. The summed E-state index contributed by atoms with van der Waals surface area (Å²) in [4.78, 5) is 19.4. The summed E-state index contributed by atoms with van der Waals surface area (Å²) in [5.41, 5.74) is 1.62. The Morgan fingerprint density at radius 1 is 1.07 bits per heavy atom. The molecule has 0 spiro atoms. The number of carbonyl (C=O) groups is 1. The molecule has 7 heteroatoms. The second-order valence-electron chi connectivity index (χ2n) is 7.31. The van der Waals surface area contributed by atoms with Crippen molar-refractivity contribution in [3.05, 3.63) is 86.9 Å². The minimum atomic E-state index is -0.0422. The van der Waals surface area contributed by atoms with Gasteiger partial charge < -0.3 is 9.47 Å². The smallest absolute Gasteiger partial charge is 0.254 e. The molecule has 0 aliphatic rings. The molecule has 1 heterocycles. The van der Waals surface area contributed by atoms with Crippen molar-refractivity contribution in [3.63, 3.8) is 0 Å². The highest BCUT2D eigenvalue weighted by Gasteiger charge is 2.19. The lowest BCUT2D eigenvalue weighted by Crippen LogP contribution is -2.34. The molecule has 0 aliphatic carbocycles. The van der Waals surface area contributed by atoms with Crippen LogP contribution in [0.5, 0.6) is 0 Å². The lowest BCUT2D eigenvalue weighted by atomic mass is 10.1. The average Bonchev–Trinajstić information content (AvgIpc) is 3.10. The lowest BCUT2D eigenvalue weighted by molar-refractivity contribution is 0.0716. The second-order valence-corrected chi connectivity index (χ2v) is 8.56. The molecule has 1 amide bonds. The van der Waals surface area contributed by atoms with Crippen molar-refractivity contribution in [2.75, 3.05) is 6.54 Å². The molecule has 29 heavy (non-hydrogen) atoms. The predicted octanol–water partition coefficient (Wildman–Crippen LogP) is 6.19. The molecule has 3 rings (SSSR count). The van der Waals surface area contributed by atoms with E-state index in [0.717, 1.165) is 11.4 Å². The van der Waals surface area contributed by atoms with Crippen LogP contribution in [0.3, 0.4) is 0 Å². The van der Waals surface area contributed by atoms with Crippen molar-refractivity contribution >= 4 is 40.7 Å². The van der Waals surface area contributed by atoms with Gasteiger partial charge in [-0.3, -0.25) is 4.79 Å². The summed E-state index contributed by atoms with van der Waals surface area (Å²) in [5, 5.41) is 1.65. The van der Waals surface area contributed by atoms with Crippen molar-refractivity contribution < 1.29 is 4.79 Å². The monoisotopic (exact) mass is 449 g/mol. The summed E-state index contributed by atoms with van der Waals surface area (Å²) >= 11 is 18.1. The molecular formula is C22H22Cl3N3O. The number of hydrogen-bond acceptors (Lipinski definition) is 2. The van der Waals surface area contributed by atoms with E-state index in [0.29, 0.717) is 46.2 Å². The Balaban J connectivity index is 1.81. The quantitative estimate of drug-likeness (QED) is 0.430. The molecule has 152 valence electrons. The van der Waals surface area contributed by atoms with Gasteiger partial charge in [0.15, 0.2) is 0 Å². The van der Waals surface area contributed by atoms with Crippen molar-refractivity contribution in [1.29, 1.82) is 0 Å². The van der Waals surface area contributed by atoms with Gasteiger partial charge in [-0.25, -0.2) is 4.98 Å². The molecule has 4 nitrogen and oxygen atoms in total. The third-order valence-electron chi connectivity index (χ3n) is 4.43. The Hall–Kier alpha value is -2.01. The van der Waals surface area contributed by atoms with Gasteiger partial charge >= 0.3 is 0 Å². The molecule has 3 aromatic rings. The van der Waals surface area contributed by atoms with E-state index in [1.807, 2.05) is 27.8 Å². The first kappa shape index (κ1) is 21.7. The first-order valence-electron chi connectivity index (χ1n) is 9.32. The summed E-state index contributed by atoms with van der Waals surface area (Å²) in [5.74, 6) is 1.09. The van der Waals surface area contributed by atoms with E-state index in [1.165, 1.54) is 0 Å². The zero-order chi connectivity index (χ0) is 21.0. The van der Waals surface area contributed by atoms with Crippen LogP contribution in [0.4, 0.5) is 0 Å². The first-order valence-corrected chi connectivity index (χ1v) is 10.5. The maximum absolute atomic E-state index is 13.1. The molecule has 0 unspecified atom stereocenters. The normalized spacial score (nSPS) is 11.1. The second kappa shape index (κ2) is 9.66. The number of nitrogens with zero attached hydrogens (tertiary/aromatic N) is 3. The molecule has 0 aliphatic heterocycles. The minimum absolute atomic E-state index is 0.0422. The zero-order valence-corrected chi connectivity index (χ0v) is 18.5. The van der Waals surface area contributed by atoms with Gasteiger partial charge in [-0.15, -0.1) is 0 Å². The lowest BCUT2D eigenvalue weighted by Gasteiger charge is -2.25. The molecule has 0 fully saturated rings. The van der Waals surface area contributed by atoms with E-state index in [4.69, 9.17) is 34.8 Å². The predicted molar refractivity (Wildman–Crippen MR) is 119 cm³/mol. The topological polar surface area (TPSA) is 38.1 Å². The van der Waals surface area contributed by atoms with Crippen molar-refractivity contribution in [3.8, 4) is 0 Å². The maximum Gasteiger partial charge on any atom is 0.254 e. The van der Waals surface area contributed by atoms with Gasteiger partial charge in [0.25, 0.3) is 5.91 Å². The Morgan fingerprint density at radius 2 is 1.79 bits per heavy atom.